The van der Waals surface area contributed by atoms with Crippen LogP contribution in [0, 0.1) is 11.8 Å². The summed E-state index contributed by atoms with van der Waals surface area (Å²) in [7, 11) is -3.29. The Morgan fingerprint density at radius 3 is 2.64 bits per heavy atom. The molecule has 1 saturated carbocycles. The fraction of sp³-hybridized carbons (Fsp3) is 0.800. The summed E-state index contributed by atoms with van der Waals surface area (Å²) in [5.41, 5.74) is 0. The van der Waals surface area contributed by atoms with E-state index in [2.05, 4.69) is 6.58 Å². The first kappa shape index (κ1) is 11.7. The van der Waals surface area contributed by atoms with E-state index in [1.165, 1.54) is 12.8 Å². The van der Waals surface area contributed by atoms with Crippen molar-refractivity contribution in [2.45, 2.75) is 25.7 Å². The van der Waals surface area contributed by atoms with Crippen molar-refractivity contribution in [1.29, 1.82) is 0 Å². The first-order valence-electron chi connectivity index (χ1n) is 5.00. The average Bonchev–Trinajstić information content (AvgIpc) is 2.14. The highest BCUT2D eigenvalue weighted by molar-refractivity contribution is 7.85. The van der Waals surface area contributed by atoms with Gasteiger partial charge in [-0.25, -0.2) is 0 Å². The average molecular weight is 218 g/mol. The van der Waals surface area contributed by atoms with E-state index in [1.54, 1.807) is 0 Å². The molecular weight excluding hydrogens is 200 g/mol. The van der Waals surface area contributed by atoms with Gasteiger partial charge in [0.2, 0.25) is 0 Å². The highest BCUT2D eigenvalue weighted by Crippen LogP contribution is 2.31. The first-order valence-corrected chi connectivity index (χ1v) is 6.81. The van der Waals surface area contributed by atoms with Crippen molar-refractivity contribution in [2.75, 3.05) is 12.9 Å². The maximum absolute atomic E-state index is 10.8. The SMILES string of the molecule is C=CC1CCCCC1COS(C)(=O)=O. The van der Waals surface area contributed by atoms with Crippen LogP contribution in [0.25, 0.3) is 0 Å². The van der Waals surface area contributed by atoms with E-state index in [0.717, 1.165) is 19.1 Å². The quantitative estimate of drug-likeness (QED) is 0.535. The lowest BCUT2D eigenvalue weighted by Crippen LogP contribution is -2.23. The van der Waals surface area contributed by atoms with Crippen LogP contribution in [0.15, 0.2) is 12.7 Å². The molecule has 0 aromatic heterocycles. The third-order valence-electron chi connectivity index (χ3n) is 2.77. The Hall–Kier alpha value is -0.350. The van der Waals surface area contributed by atoms with Gasteiger partial charge in [-0.05, 0) is 24.7 Å². The van der Waals surface area contributed by atoms with Gasteiger partial charge in [0.25, 0.3) is 10.1 Å². The molecule has 0 heterocycles. The number of hydrogen-bond donors (Lipinski definition) is 0. The fourth-order valence-corrected chi connectivity index (χ4v) is 2.39. The summed E-state index contributed by atoms with van der Waals surface area (Å²) in [5, 5.41) is 0. The molecule has 0 aliphatic heterocycles. The first-order chi connectivity index (χ1) is 6.53. The van der Waals surface area contributed by atoms with Crippen LogP contribution in [0.3, 0.4) is 0 Å². The van der Waals surface area contributed by atoms with E-state index in [1.807, 2.05) is 6.08 Å². The Labute approximate surface area is 86.3 Å². The van der Waals surface area contributed by atoms with Gasteiger partial charge in [-0.3, -0.25) is 4.18 Å². The summed E-state index contributed by atoms with van der Waals surface area (Å²) >= 11 is 0. The van der Waals surface area contributed by atoms with Gasteiger partial charge in [-0.2, -0.15) is 8.42 Å². The molecule has 0 N–H and O–H groups in total. The van der Waals surface area contributed by atoms with Gasteiger partial charge in [0.1, 0.15) is 0 Å². The van der Waals surface area contributed by atoms with Crippen molar-refractivity contribution < 1.29 is 12.6 Å². The van der Waals surface area contributed by atoms with E-state index in [4.69, 9.17) is 4.18 Å². The molecule has 0 aromatic carbocycles. The van der Waals surface area contributed by atoms with E-state index < -0.39 is 10.1 Å². The van der Waals surface area contributed by atoms with E-state index >= 15 is 0 Å². The Bertz CT molecular complexity index is 282. The molecule has 0 saturated heterocycles. The zero-order valence-corrected chi connectivity index (χ0v) is 9.42. The Morgan fingerprint density at radius 2 is 2.07 bits per heavy atom. The van der Waals surface area contributed by atoms with Crippen molar-refractivity contribution in [3.63, 3.8) is 0 Å². The van der Waals surface area contributed by atoms with E-state index in [-0.39, 0.29) is 0 Å². The summed E-state index contributed by atoms with van der Waals surface area (Å²) in [5.74, 6) is 0.751. The molecule has 1 aliphatic carbocycles. The molecule has 82 valence electrons. The Morgan fingerprint density at radius 1 is 1.43 bits per heavy atom. The van der Waals surface area contributed by atoms with Gasteiger partial charge >= 0.3 is 0 Å². The van der Waals surface area contributed by atoms with Gasteiger partial charge in [0.05, 0.1) is 12.9 Å². The molecule has 0 radical (unpaired) electrons. The van der Waals surface area contributed by atoms with Crippen LogP contribution in [0.2, 0.25) is 0 Å². The number of allylic oxidation sites excluding steroid dienone is 1. The minimum atomic E-state index is -3.29. The van der Waals surface area contributed by atoms with Crippen LogP contribution in [0.4, 0.5) is 0 Å². The molecule has 14 heavy (non-hydrogen) atoms. The molecule has 3 nitrogen and oxygen atoms in total. The molecule has 1 aliphatic rings. The summed E-state index contributed by atoms with van der Waals surface area (Å²) < 4.78 is 26.5. The van der Waals surface area contributed by atoms with E-state index in [0.29, 0.717) is 18.4 Å². The minimum absolute atomic E-state index is 0.315. The predicted molar refractivity (Wildman–Crippen MR) is 56.4 cm³/mol. The van der Waals surface area contributed by atoms with Crippen LogP contribution in [-0.2, 0) is 14.3 Å². The topological polar surface area (TPSA) is 43.4 Å². The highest BCUT2D eigenvalue weighted by Gasteiger charge is 2.23. The molecule has 0 aromatic rings. The van der Waals surface area contributed by atoms with Crippen LogP contribution in [0.1, 0.15) is 25.7 Å². The molecule has 4 heteroatoms. The lowest BCUT2D eigenvalue weighted by Gasteiger charge is -2.28. The summed E-state index contributed by atoms with van der Waals surface area (Å²) in [6.45, 7) is 4.09. The second kappa shape index (κ2) is 4.94. The van der Waals surface area contributed by atoms with Gasteiger partial charge < -0.3 is 0 Å². The smallest absolute Gasteiger partial charge is 0.264 e. The van der Waals surface area contributed by atoms with Gasteiger partial charge in [-0.15, -0.1) is 6.58 Å². The largest absolute Gasteiger partial charge is 0.270 e. The van der Waals surface area contributed by atoms with Crippen molar-refractivity contribution in [1.82, 2.24) is 0 Å². The van der Waals surface area contributed by atoms with Crippen LogP contribution in [-0.4, -0.2) is 21.3 Å². The summed E-state index contributed by atoms with van der Waals surface area (Å²) in [4.78, 5) is 0. The zero-order valence-electron chi connectivity index (χ0n) is 8.61. The maximum atomic E-state index is 10.8. The van der Waals surface area contributed by atoms with Crippen molar-refractivity contribution >= 4 is 10.1 Å². The zero-order chi connectivity index (χ0) is 10.6. The molecule has 1 rings (SSSR count). The minimum Gasteiger partial charge on any atom is -0.270 e. The summed E-state index contributed by atoms with van der Waals surface area (Å²) in [6.07, 6.45) is 7.57. The molecule has 0 spiro atoms. The molecule has 2 atom stereocenters. The summed E-state index contributed by atoms with van der Waals surface area (Å²) in [6, 6.07) is 0. The third-order valence-corrected chi connectivity index (χ3v) is 3.33. The van der Waals surface area contributed by atoms with Gasteiger partial charge in [0.15, 0.2) is 0 Å². The Balaban J connectivity index is 2.45. The second-order valence-electron chi connectivity index (χ2n) is 3.93. The molecule has 0 amide bonds. The lowest BCUT2D eigenvalue weighted by molar-refractivity contribution is 0.179. The Kier molecular flexibility index (Phi) is 4.13. The second-order valence-corrected chi connectivity index (χ2v) is 5.58. The van der Waals surface area contributed by atoms with Crippen LogP contribution >= 0.6 is 0 Å². The third kappa shape index (κ3) is 3.80. The van der Waals surface area contributed by atoms with Gasteiger partial charge in [0, 0.05) is 0 Å². The van der Waals surface area contributed by atoms with Crippen molar-refractivity contribution in [3.05, 3.63) is 12.7 Å². The number of hydrogen-bond acceptors (Lipinski definition) is 3. The normalized spacial score (nSPS) is 28.6. The van der Waals surface area contributed by atoms with Crippen LogP contribution in [0.5, 0.6) is 0 Å². The fourth-order valence-electron chi connectivity index (χ4n) is 1.96. The lowest BCUT2D eigenvalue weighted by atomic mass is 9.80. The predicted octanol–water partition coefficient (Wildman–Crippen LogP) is 1.96. The molecular formula is C10H18O3S. The molecule has 1 fully saturated rings. The van der Waals surface area contributed by atoms with E-state index in [9.17, 15) is 8.42 Å². The molecule has 0 bridgehead atoms. The van der Waals surface area contributed by atoms with Crippen LogP contribution < -0.4 is 0 Å². The van der Waals surface area contributed by atoms with Gasteiger partial charge in [-0.1, -0.05) is 18.9 Å². The van der Waals surface area contributed by atoms with Crippen molar-refractivity contribution in [2.24, 2.45) is 11.8 Å². The standard InChI is InChI=1S/C10H18O3S/c1-3-9-6-4-5-7-10(9)8-13-14(2,11)12/h3,9-10H,1,4-8H2,2H3. The number of rotatable bonds is 4. The maximum Gasteiger partial charge on any atom is 0.264 e. The highest BCUT2D eigenvalue weighted by atomic mass is 32.2. The molecule has 2 unspecified atom stereocenters. The monoisotopic (exact) mass is 218 g/mol. The van der Waals surface area contributed by atoms with Crippen molar-refractivity contribution in [3.8, 4) is 0 Å².